The molecular weight excluding hydrogens is 296 g/mol. The van der Waals surface area contributed by atoms with Crippen molar-refractivity contribution in [3.63, 3.8) is 0 Å². The van der Waals surface area contributed by atoms with Crippen LogP contribution in [0.1, 0.15) is 40.7 Å². The monoisotopic (exact) mass is 318 g/mol. The van der Waals surface area contributed by atoms with Gasteiger partial charge in [0.1, 0.15) is 18.1 Å². The highest BCUT2D eigenvalue weighted by Crippen LogP contribution is 2.21. The lowest BCUT2D eigenvalue weighted by Gasteiger charge is -2.16. The molecule has 2 aromatic rings. The zero-order chi connectivity index (χ0) is 16.8. The van der Waals surface area contributed by atoms with Crippen molar-refractivity contribution in [2.24, 2.45) is 0 Å². The van der Waals surface area contributed by atoms with Gasteiger partial charge in [-0.25, -0.2) is 0 Å². The van der Waals surface area contributed by atoms with E-state index in [2.05, 4.69) is 10.5 Å². The van der Waals surface area contributed by atoms with Gasteiger partial charge in [0.2, 0.25) is 0 Å². The molecular formula is C17H22N2O4. The maximum Gasteiger partial charge on any atom is 0.255 e. The van der Waals surface area contributed by atoms with Gasteiger partial charge in [0.25, 0.3) is 5.91 Å². The first-order chi connectivity index (χ1) is 11.1. The maximum absolute atomic E-state index is 12.4. The number of nitrogens with zero attached hydrogens (tertiary/aromatic N) is 1. The summed E-state index contributed by atoms with van der Waals surface area (Å²) in [7, 11) is 0. The predicted octanol–water partition coefficient (Wildman–Crippen LogP) is 2.37. The van der Waals surface area contributed by atoms with E-state index in [4.69, 9.17) is 9.26 Å². The van der Waals surface area contributed by atoms with Gasteiger partial charge in [-0.2, -0.15) is 0 Å². The first-order valence-electron chi connectivity index (χ1n) is 7.62. The quantitative estimate of drug-likeness (QED) is 0.819. The zero-order valence-electron chi connectivity index (χ0n) is 13.6. The van der Waals surface area contributed by atoms with Crippen LogP contribution in [0.5, 0.6) is 5.75 Å². The number of rotatable bonds is 7. The van der Waals surface area contributed by atoms with Crippen molar-refractivity contribution in [3.05, 3.63) is 46.8 Å². The van der Waals surface area contributed by atoms with Crippen molar-refractivity contribution in [1.82, 2.24) is 10.5 Å². The van der Waals surface area contributed by atoms with E-state index >= 15 is 0 Å². The first kappa shape index (κ1) is 17.0. The van der Waals surface area contributed by atoms with Crippen molar-refractivity contribution >= 4 is 5.91 Å². The number of para-hydroxylation sites is 1. The minimum atomic E-state index is -0.266. The van der Waals surface area contributed by atoms with E-state index in [-0.39, 0.29) is 25.2 Å². The van der Waals surface area contributed by atoms with E-state index < -0.39 is 0 Å². The Bertz CT molecular complexity index is 643. The molecule has 0 saturated carbocycles. The van der Waals surface area contributed by atoms with Crippen LogP contribution in [-0.2, 0) is 6.61 Å². The third-order valence-electron chi connectivity index (χ3n) is 3.73. The fraction of sp³-hybridized carbons (Fsp3) is 0.412. The summed E-state index contributed by atoms with van der Waals surface area (Å²) in [5.41, 5.74) is 2.09. The van der Waals surface area contributed by atoms with Gasteiger partial charge in [-0.3, -0.25) is 4.79 Å². The Kier molecular flexibility index (Phi) is 5.76. The lowest BCUT2D eigenvalue weighted by molar-refractivity contribution is 0.0910. The number of aliphatic hydroxyl groups is 1. The van der Waals surface area contributed by atoms with Crippen LogP contribution < -0.4 is 10.1 Å². The number of carbonyl (C=O) groups is 1. The van der Waals surface area contributed by atoms with Gasteiger partial charge in [-0.05, 0) is 32.4 Å². The summed E-state index contributed by atoms with van der Waals surface area (Å²) in [6, 6.07) is 6.76. The summed E-state index contributed by atoms with van der Waals surface area (Å²) < 4.78 is 10.9. The zero-order valence-corrected chi connectivity index (χ0v) is 13.6. The van der Waals surface area contributed by atoms with Crippen LogP contribution in [0.25, 0.3) is 0 Å². The van der Waals surface area contributed by atoms with Crippen LogP contribution in [0.3, 0.4) is 0 Å². The molecule has 0 fully saturated rings. The number of carbonyl (C=O) groups excluding carboxylic acids is 1. The highest BCUT2D eigenvalue weighted by atomic mass is 16.5. The molecule has 1 aromatic heterocycles. The molecule has 1 heterocycles. The van der Waals surface area contributed by atoms with E-state index in [1.165, 1.54) is 0 Å². The number of nitrogens with one attached hydrogen (secondary N) is 1. The molecule has 0 bridgehead atoms. The molecule has 2 rings (SSSR count). The van der Waals surface area contributed by atoms with Gasteiger partial charge in [0.05, 0.1) is 29.5 Å². The average Bonchev–Trinajstić information content (AvgIpc) is 2.89. The van der Waals surface area contributed by atoms with E-state index in [0.717, 1.165) is 11.3 Å². The van der Waals surface area contributed by atoms with Crippen molar-refractivity contribution in [2.45, 2.75) is 39.8 Å². The van der Waals surface area contributed by atoms with E-state index in [1.807, 2.05) is 26.8 Å². The Morgan fingerprint density at radius 2 is 2.13 bits per heavy atom. The van der Waals surface area contributed by atoms with Crippen LogP contribution in [0.4, 0.5) is 0 Å². The fourth-order valence-electron chi connectivity index (χ4n) is 2.18. The molecule has 6 nitrogen and oxygen atoms in total. The average molecular weight is 318 g/mol. The molecule has 1 unspecified atom stereocenters. The molecule has 0 aliphatic heterocycles. The topological polar surface area (TPSA) is 84.6 Å². The van der Waals surface area contributed by atoms with Gasteiger partial charge in [-0.1, -0.05) is 24.2 Å². The molecule has 2 N–H and O–H groups in total. The summed E-state index contributed by atoms with van der Waals surface area (Å²) in [6.07, 6.45) is 0.657. The van der Waals surface area contributed by atoms with Crippen LogP contribution in [0.15, 0.2) is 28.8 Å². The van der Waals surface area contributed by atoms with Crippen LogP contribution in [0.2, 0.25) is 0 Å². The predicted molar refractivity (Wildman–Crippen MR) is 85.4 cm³/mol. The summed E-state index contributed by atoms with van der Waals surface area (Å²) in [5.74, 6) is 0.925. The molecule has 0 spiro atoms. The SMILES string of the molecule is CCC(CO)NC(=O)c1ccccc1OCc1c(C)noc1C. The largest absolute Gasteiger partial charge is 0.488 e. The number of amides is 1. The number of hydrogen-bond acceptors (Lipinski definition) is 5. The van der Waals surface area contributed by atoms with Crippen LogP contribution >= 0.6 is 0 Å². The maximum atomic E-state index is 12.4. The Hall–Kier alpha value is -2.34. The Morgan fingerprint density at radius 3 is 2.74 bits per heavy atom. The number of benzene rings is 1. The van der Waals surface area contributed by atoms with Crippen LogP contribution in [-0.4, -0.2) is 28.8 Å². The first-order valence-corrected chi connectivity index (χ1v) is 7.62. The Morgan fingerprint density at radius 1 is 1.39 bits per heavy atom. The number of aromatic nitrogens is 1. The van der Waals surface area contributed by atoms with Gasteiger partial charge in [0, 0.05) is 0 Å². The highest BCUT2D eigenvalue weighted by molar-refractivity contribution is 5.97. The van der Waals surface area contributed by atoms with Crippen molar-refractivity contribution in [3.8, 4) is 5.75 Å². The van der Waals surface area contributed by atoms with Gasteiger partial charge < -0.3 is 19.7 Å². The molecule has 1 atom stereocenters. The number of aliphatic hydroxyl groups excluding tert-OH is 1. The lowest BCUT2D eigenvalue weighted by atomic mass is 10.1. The van der Waals surface area contributed by atoms with E-state index in [1.54, 1.807) is 18.2 Å². The lowest BCUT2D eigenvalue weighted by Crippen LogP contribution is -2.37. The summed E-state index contributed by atoms with van der Waals surface area (Å²) >= 11 is 0. The molecule has 0 saturated heterocycles. The molecule has 1 amide bonds. The third-order valence-corrected chi connectivity index (χ3v) is 3.73. The summed E-state index contributed by atoms with van der Waals surface area (Å²) in [5, 5.41) is 15.9. The molecule has 124 valence electrons. The molecule has 0 aliphatic carbocycles. The fourth-order valence-corrected chi connectivity index (χ4v) is 2.18. The Labute approximate surface area is 135 Å². The minimum absolute atomic E-state index is 0.0929. The second-order valence-electron chi connectivity index (χ2n) is 5.35. The second kappa shape index (κ2) is 7.78. The van der Waals surface area contributed by atoms with Crippen LogP contribution in [0, 0.1) is 13.8 Å². The van der Waals surface area contributed by atoms with E-state index in [0.29, 0.717) is 23.5 Å². The number of hydrogen-bond donors (Lipinski definition) is 2. The number of ether oxygens (including phenoxy) is 1. The molecule has 0 aliphatic rings. The van der Waals surface area contributed by atoms with E-state index in [9.17, 15) is 9.90 Å². The minimum Gasteiger partial charge on any atom is -0.488 e. The normalized spacial score (nSPS) is 12.0. The van der Waals surface area contributed by atoms with Gasteiger partial charge >= 0.3 is 0 Å². The molecule has 1 aromatic carbocycles. The third kappa shape index (κ3) is 4.10. The second-order valence-corrected chi connectivity index (χ2v) is 5.35. The molecule has 0 radical (unpaired) electrons. The smallest absolute Gasteiger partial charge is 0.255 e. The molecule has 6 heteroatoms. The van der Waals surface area contributed by atoms with Crippen molar-refractivity contribution in [2.75, 3.05) is 6.61 Å². The van der Waals surface area contributed by atoms with Crippen molar-refractivity contribution in [1.29, 1.82) is 0 Å². The Balaban J connectivity index is 2.13. The summed E-state index contributed by atoms with van der Waals surface area (Å²) in [4.78, 5) is 12.4. The van der Waals surface area contributed by atoms with Crippen molar-refractivity contribution < 1.29 is 19.2 Å². The highest BCUT2D eigenvalue weighted by Gasteiger charge is 2.17. The number of aryl methyl sites for hydroxylation is 2. The van der Waals surface area contributed by atoms with Gasteiger partial charge in [0.15, 0.2) is 0 Å². The standard InChI is InChI=1S/C17H22N2O4/c1-4-13(9-20)18-17(21)14-7-5-6-8-16(14)22-10-15-11(2)19-23-12(15)3/h5-8,13,20H,4,9-10H2,1-3H3,(H,18,21). The summed E-state index contributed by atoms with van der Waals surface area (Å²) in [6.45, 7) is 5.76. The van der Waals surface area contributed by atoms with Gasteiger partial charge in [-0.15, -0.1) is 0 Å². The molecule has 23 heavy (non-hydrogen) atoms.